The zero-order valence-corrected chi connectivity index (χ0v) is 11.4. The van der Waals surface area contributed by atoms with Crippen LogP contribution in [0.25, 0.3) is 11.3 Å². The molecule has 110 valence electrons. The molecule has 0 spiro atoms. The Balaban J connectivity index is 2.46. The van der Waals surface area contributed by atoms with Gasteiger partial charge in [-0.1, -0.05) is 12.1 Å². The van der Waals surface area contributed by atoms with Crippen LogP contribution in [0.5, 0.6) is 0 Å². The summed E-state index contributed by atoms with van der Waals surface area (Å²) in [7, 11) is 0. The minimum atomic E-state index is -4.40. The van der Waals surface area contributed by atoms with E-state index < -0.39 is 11.7 Å². The predicted octanol–water partition coefficient (Wildman–Crippen LogP) is 4.29. The summed E-state index contributed by atoms with van der Waals surface area (Å²) in [6.07, 6.45) is -2.33. The minimum absolute atomic E-state index is 0.0561. The first-order valence-corrected chi connectivity index (χ1v) is 6.49. The number of carbonyl (C=O) groups is 1. The number of alkyl halides is 3. The summed E-state index contributed by atoms with van der Waals surface area (Å²) >= 11 is 0. The van der Waals surface area contributed by atoms with E-state index in [-0.39, 0.29) is 18.6 Å². The Hall–Kier alpha value is -2.17. The van der Waals surface area contributed by atoms with Crippen molar-refractivity contribution in [3.63, 3.8) is 0 Å². The summed E-state index contributed by atoms with van der Waals surface area (Å²) in [6.45, 7) is 1.42. The Morgan fingerprint density at radius 2 is 1.95 bits per heavy atom. The second-order valence-electron chi connectivity index (χ2n) is 4.79. The fourth-order valence-corrected chi connectivity index (χ4v) is 2.06. The van der Waals surface area contributed by atoms with E-state index in [0.29, 0.717) is 16.8 Å². The lowest BCUT2D eigenvalue weighted by Crippen LogP contribution is -2.07. The molecule has 0 N–H and O–H groups in total. The maximum absolute atomic E-state index is 12.8. The number of aryl methyl sites for hydroxylation is 1. The molecule has 0 saturated heterocycles. The van der Waals surface area contributed by atoms with Gasteiger partial charge in [-0.25, -0.2) is 0 Å². The Kier molecular flexibility index (Phi) is 4.40. The molecule has 5 heteroatoms. The number of halogens is 3. The fourth-order valence-electron chi connectivity index (χ4n) is 2.06. The van der Waals surface area contributed by atoms with E-state index in [2.05, 4.69) is 4.98 Å². The smallest absolute Gasteiger partial charge is 0.300 e. The lowest BCUT2D eigenvalue weighted by atomic mass is 9.96. The van der Waals surface area contributed by atoms with Crippen LogP contribution in [0.3, 0.4) is 0 Å². The van der Waals surface area contributed by atoms with Crippen LogP contribution in [0.2, 0.25) is 0 Å². The van der Waals surface area contributed by atoms with Gasteiger partial charge in [0.25, 0.3) is 0 Å². The SMILES string of the molecule is CC(=O)CCc1cc(C(F)(F)F)ccc1-c1ccccn1. The number of Topliss-reactive ketones (excluding diaryl/α,β-unsaturated/α-hetero) is 1. The Labute approximate surface area is 120 Å². The van der Waals surface area contributed by atoms with E-state index in [4.69, 9.17) is 0 Å². The largest absolute Gasteiger partial charge is 0.416 e. The molecule has 0 unspecified atom stereocenters. The highest BCUT2D eigenvalue weighted by atomic mass is 19.4. The number of pyridine rings is 1. The average Bonchev–Trinajstić information content (AvgIpc) is 2.44. The van der Waals surface area contributed by atoms with Crippen LogP contribution in [0.4, 0.5) is 13.2 Å². The first-order valence-electron chi connectivity index (χ1n) is 6.49. The van der Waals surface area contributed by atoms with E-state index in [1.54, 1.807) is 24.4 Å². The van der Waals surface area contributed by atoms with Crippen LogP contribution >= 0.6 is 0 Å². The van der Waals surface area contributed by atoms with Crippen LogP contribution < -0.4 is 0 Å². The van der Waals surface area contributed by atoms with Crippen molar-refractivity contribution in [2.75, 3.05) is 0 Å². The van der Waals surface area contributed by atoms with Crippen molar-refractivity contribution >= 4 is 5.78 Å². The molecule has 2 aromatic rings. The molecule has 0 bridgehead atoms. The number of rotatable bonds is 4. The molecule has 2 nitrogen and oxygen atoms in total. The third-order valence-corrected chi connectivity index (χ3v) is 3.12. The van der Waals surface area contributed by atoms with Gasteiger partial charge in [-0.2, -0.15) is 13.2 Å². The second-order valence-corrected chi connectivity index (χ2v) is 4.79. The number of hydrogen-bond donors (Lipinski definition) is 0. The van der Waals surface area contributed by atoms with Gasteiger partial charge >= 0.3 is 6.18 Å². The normalized spacial score (nSPS) is 11.4. The molecule has 0 fully saturated rings. The molecule has 0 amide bonds. The Morgan fingerprint density at radius 1 is 1.19 bits per heavy atom. The maximum atomic E-state index is 12.8. The van der Waals surface area contributed by atoms with Gasteiger partial charge < -0.3 is 4.79 Å². The molecular weight excluding hydrogens is 279 g/mol. The number of nitrogens with zero attached hydrogens (tertiary/aromatic N) is 1. The monoisotopic (exact) mass is 293 g/mol. The van der Waals surface area contributed by atoms with E-state index in [0.717, 1.165) is 12.1 Å². The third kappa shape index (κ3) is 3.90. The molecule has 0 aliphatic rings. The number of hydrogen-bond acceptors (Lipinski definition) is 2. The average molecular weight is 293 g/mol. The Bertz CT molecular complexity index is 636. The number of ketones is 1. The molecule has 1 aromatic carbocycles. The van der Waals surface area contributed by atoms with Crippen LogP contribution in [0.1, 0.15) is 24.5 Å². The second kappa shape index (κ2) is 6.08. The summed E-state index contributed by atoms with van der Waals surface area (Å²) < 4.78 is 38.5. The first-order chi connectivity index (χ1) is 9.88. The van der Waals surface area contributed by atoms with Crippen LogP contribution in [0.15, 0.2) is 42.6 Å². The fraction of sp³-hybridized carbons (Fsp3) is 0.250. The number of aromatic nitrogens is 1. The molecular formula is C16H14F3NO. The number of carbonyl (C=O) groups excluding carboxylic acids is 1. The number of benzene rings is 1. The zero-order chi connectivity index (χ0) is 15.5. The molecule has 0 atom stereocenters. The van der Waals surface area contributed by atoms with Crippen molar-refractivity contribution in [1.82, 2.24) is 4.98 Å². The summed E-state index contributed by atoms with van der Waals surface area (Å²) in [4.78, 5) is 15.3. The molecule has 0 aliphatic heterocycles. The summed E-state index contributed by atoms with van der Waals surface area (Å²) in [6, 6.07) is 8.81. The topological polar surface area (TPSA) is 30.0 Å². The van der Waals surface area contributed by atoms with E-state index >= 15 is 0 Å². The molecule has 21 heavy (non-hydrogen) atoms. The summed E-state index contributed by atoms with van der Waals surface area (Å²) in [5.74, 6) is -0.0561. The molecule has 0 radical (unpaired) electrons. The van der Waals surface area contributed by atoms with E-state index in [1.807, 2.05) is 0 Å². The van der Waals surface area contributed by atoms with Crippen molar-refractivity contribution in [3.05, 3.63) is 53.7 Å². The van der Waals surface area contributed by atoms with Gasteiger partial charge in [0.1, 0.15) is 5.78 Å². The molecule has 1 heterocycles. The quantitative estimate of drug-likeness (QED) is 0.841. The minimum Gasteiger partial charge on any atom is -0.300 e. The standard InChI is InChI=1S/C16H14F3NO/c1-11(21)5-6-12-10-13(16(17,18)19)7-8-14(12)15-4-2-3-9-20-15/h2-4,7-10H,5-6H2,1H3. The maximum Gasteiger partial charge on any atom is 0.416 e. The third-order valence-electron chi connectivity index (χ3n) is 3.12. The Morgan fingerprint density at radius 3 is 2.52 bits per heavy atom. The van der Waals surface area contributed by atoms with Gasteiger partial charge in [0.2, 0.25) is 0 Å². The van der Waals surface area contributed by atoms with Crippen molar-refractivity contribution in [2.24, 2.45) is 0 Å². The van der Waals surface area contributed by atoms with Crippen LogP contribution in [0, 0.1) is 0 Å². The highest BCUT2D eigenvalue weighted by Gasteiger charge is 2.31. The molecule has 0 aliphatic carbocycles. The van der Waals surface area contributed by atoms with Crippen molar-refractivity contribution in [3.8, 4) is 11.3 Å². The van der Waals surface area contributed by atoms with Crippen molar-refractivity contribution in [1.29, 1.82) is 0 Å². The van der Waals surface area contributed by atoms with Gasteiger partial charge in [-0.15, -0.1) is 0 Å². The predicted molar refractivity (Wildman–Crippen MR) is 73.7 cm³/mol. The van der Waals surface area contributed by atoms with Crippen molar-refractivity contribution < 1.29 is 18.0 Å². The van der Waals surface area contributed by atoms with Gasteiger partial charge in [-0.05, 0) is 43.2 Å². The zero-order valence-electron chi connectivity index (χ0n) is 11.4. The highest BCUT2D eigenvalue weighted by molar-refractivity contribution is 5.76. The molecule has 1 aromatic heterocycles. The van der Waals surface area contributed by atoms with Gasteiger partial charge in [0, 0.05) is 18.2 Å². The van der Waals surface area contributed by atoms with E-state index in [1.165, 1.54) is 13.0 Å². The molecule has 0 saturated carbocycles. The van der Waals surface area contributed by atoms with Crippen LogP contribution in [-0.4, -0.2) is 10.8 Å². The van der Waals surface area contributed by atoms with Gasteiger partial charge in [0.15, 0.2) is 0 Å². The lowest BCUT2D eigenvalue weighted by Gasteiger charge is -2.13. The van der Waals surface area contributed by atoms with Crippen LogP contribution in [-0.2, 0) is 17.4 Å². The summed E-state index contributed by atoms with van der Waals surface area (Å²) in [5, 5.41) is 0. The lowest BCUT2D eigenvalue weighted by molar-refractivity contribution is -0.137. The van der Waals surface area contributed by atoms with Gasteiger partial charge in [-0.3, -0.25) is 4.98 Å². The first kappa shape index (κ1) is 15.2. The van der Waals surface area contributed by atoms with Gasteiger partial charge in [0.05, 0.1) is 11.3 Å². The highest BCUT2D eigenvalue weighted by Crippen LogP contribution is 2.33. The summed E-state index contributed by atoms with van der Waals surface area (Å²) in [5.41, 5.74) is 1.01. The molecule has 2 rings (SSSR count). The van der Waals surface area contributed by atoms with Crippen molar-refractivity contribution in [2.45, 2.75) is 25.9 Å². The van der Waals surface area contributed by atoms with E-state index in [9.17, 15) is 18.0 Å².